The Morgan fingerprint density at radius 3 is 2.94 bits per heavy atom. The van der Waals surface area contributed by atoms with Gasteiger partial charge in [0, 0.05) is 24.5 Å². The summed E-state index contributed by atoms with van der Waals surface area (Å²) in [5, 5.41) is 8.97. The van der Waals surface area contributed by atoms with Crippen LogP contribution in [-0.4, -0.2) is 21.1 Å². The van der Waals surface area contributed by atoms with E-state index in [1.807, 2.05) is 19.1 Å². The molecule has 0 saturated heterocycles. The zero-order valence-corrected chi connectivity index (χ0v) is 9.40. The number of H-pyrrole nitrogens is 1. The van der Waals surface area contributed by atoms with E-state index in [2.05, 4.69) is 20.5 Å². The van der Waals surface area contributed by atoms with Gasteiger partial charge in [0.05, 0.1) is 0 Å². The molecule has 1 amide bonds. The molecule has 0 aromatic carbocycles. The molecular weight excluding hydrogens is 218 g/mol. The predicted octanol–water partition coefficient (Wildman–Crippen LogP) is 0.625. The third kappa shape index (κ3) is 2.81. The third-order valence-electron chi connectivity index (χ3n) is 2.27. The van der Waals surface area contributed by atoms with Crippen LogP contribution in [0.5, 0.6) is 0 Å². The van der Waals surface area contributed by atoms with Crippen molar-refractivity contribution in [3.8, 4) is 0 Å². The van der Waals surface area contributed by atoms with Gasteiger partial charge in [0.2, 0.25) is 0 Å². The number of amides is 1. The van der Waals surface area contributed by atoms with Gasteiger partial charge in [0.25, 0.3) is 5.91 Å². The number of hydrogen-bond acceptors (Lipinski definition) is 4. The molecule has 0 aliphatic rings. The van der Waals surface area contributed by atoms with E-state index in [4.69, 9.17) is 5.73 Å². The Hall–Kier alpha value is -2.37. The Kier molecular flexibility index (Phi) is 3.04. The van der Waals surface area contributed by atoms with Crippen LogP contribution in [0.2, 0.25) is 0 Å². The molecule has 2 rings (SSSR count). The number of anilines is 1. The average Bonchev–Trinajstić information content (AvgIpc) is 2.75. The van der Waals surface area contributed by atoms with Gasteiger partial charge < -0.3 is 11.1 Å². The van der Waals surface area contributed by atoms with Crippen molar-refractivity contribution in [1.29, 1.82) is 0 Å². The molecule has 2 aromatic rings. The molecule has 0 spiro atoms. The van der Waals surface area contributed by atoms with E-state index in [1.54, 1.807) is 6.20 Å². The summed E-state index contributed by atoms with van der Waals surface area (Å²) in [5.74, 6) is 0.0573. The van der Waals surface area contributed by atoms with E-state index in [0.717, 1.165) is 11.3 Å². The second-order valence-corrected chi connectivity index (χ2v) is 3.70. The largest absolute Gasteiger partial charge is 0.382 e. The van der Waals surface area contributed by atoms with E-state index >= 15 is 0 Å². The van der Waals surface area contributed by atoms with Crippen molar-refractivity contribution >= 4 is 11.7 Å². The minimum absolute atomic E-state index is 0.241. The van der Waals surface area contributed by atoms with E-state index in [0.29, 0.717) is 18.1 Å². The quantitative estimate of drug-likeness (QED) is 0.721. The van der Waals surface area contributed by atoms with Crippen LogP contribution in [0.3, 0.4) is 0 Å². The molecule has 0 saturated carbocycles. The summed E-state index contributed by atoms with van der Waals surface area (Å²) in [4.78, 5) is 15.8. The molecule has 0 aliphatic heterocycles. The lowest BCUT2D eigenvalue weighted by Gasteiger charge is -2.03. The number of hydrogen-bond donors (Lipinski definition) is 3. The second-order valence-electron chi connectivity index (χ2n) is 3.70. The van der Waals surface area contributed by atoms with E-state index in [9.17, 15) is 4.79 Å². The lowest BCUT2D eigenvalue weighted by molar-refractivity contribution is 0.0946. The monoisotopic (exact) mass is 231 g/mol. The number of carbonyl (C=O) groups excluding carboxylic acids is 1. The van der Waals surface area contributed by atoms with Crippen LogP contribution in [0.15, 0.2) is 24.4 Å². The summed E-state index contributed by atoms with van der Waals surface area (Å²) in [7, 11) is 0. The van der Waals surface area contributed by atoms with Crippen molar-refractivity contribution in [1.82, 2.24) is 20.5 Å². The Bertz CT molecular complexity index is 517. The third-order valence-corrected chi connectivity index (χ3v) is 2.27. The van der Waals surface area contributed by atoms with Gasteiger partial charge in [-0.1, -0.05) is 6.07 Å². The summed E-state index contributed by atoms with van der Waals surface area (Å²) >= 11 is 0. The molecule has 6 heteroatoms. The summed E-state index contributed by atoms with van der Waals surface area (Å²) in [6.07, 6.45) is 1.73. The molecule has 88 valence electrons. The van der Waals surface area contributed by atoms with E-state index in [1.165, 1.54) is 6.07 Å². The lowest BCUT2D eigenvalue weighted by Crippen LogP contribution is -2.23. The molecule has 4 N–H and O–H groups in total. The number of pyridine rings is 1. The van der Waals surface area contributed by atoms with Crippen molar-refractivity contribution in [2.75, 3.05) is 5.73 Å². The van der Waals surface area contributed by atoms with Gasteiger partial charge in [0.1, 0.15) is 11.5 Å². The molecule has 0 bridgehead atoms. The Labute approximate surface area is 98.3 Å². The van der Waals surface area contributed by atoms with Gasteiger partial charge in [0.15, 0.2) is 0 Å². The molecule has 0 fully saturated rings. The highest BCUT2D eigenvalue weighted by atomic mass is 16.1. The topological polar surface area (TPSA) is 96.7 Å². The fourth-order valence-corrected chi connectivity index (χ4v) is 1.33. The zero-order valence-electron chi connectivity index (χ0n) is 9.40. The fourth-order valence-electron chi connectivity index (χ4n) is 1.33. The Balaban J connectivity index is 1.94. The molecule has 2 heterocycles. The molecule has 0 aliphatic carbocycles. The van der Waals surface area contributed by atoms with Gasteiger partial charge in [-0.05, 0) is 18.6 Å². The number of nitrogens with zero attached hydrogens (tertiary/aromatic N) is 2. The van der Waals surface area contributed by atoms with Crippen LogP contribution in [0.25, 0.3) is 0 Å². The zero-order chi connectivity index (χ0) is 12.3. The molecule has 0 atom stereocenters. The van der Waals surface area contributed by atoms with Crippen LogP contribution in [0.1, 0.15) is 21.7 Å². The second kappa shape index (κ2) is 4.65. The molecule has 0 radical (unpaired) electrons. The van der Waals surface area contributed by atoms with Crippen molar-refractivity contribution in [3.05, 3.63) is 41.3 Å². The van der Waals surface area contributed by atoms with Gasteiger partial charge in [-0.25, -0.2) is 0 Å². The van der Waals surface area contributed by atoms with Crippen LogP contribution < -0.4 is 11.1 Å². The first-order valence-corrected chi connectivity index (χ1v) is 5.16. The first-order chi connectivity index (χ1) is 8.15. The van der Waals surface area contributed by atoms with E-state index in [-0.39, 0.29) is 5.91 Å². The maximum atomic E-state index is 11.6. The van der Waals surface area contributed by atoms with Crippen molar-refractivity contribution in [2.45, 2.75) is 13.5 Å². The minimum atomic E-state index is -0.241. The molecule has 2 aromatic heterocycles. The normalized spacial score (nSPS) is 10.2. The van der Waals surface area contributed by atoms with Gasteiger partial charge in [-0.2, -0.15) is 5.10 Å². The predicted molar refractivity (Wildman–Crippen MR) is 63.1 cm³/mol. The van der Waals surface area contributed by atoms with Gasteiger partial charge in [-0.15, -0.1) is 0 Å². The van der Waals surface area contributed by atoms with E-state index < -0.39 is 0 Å². The summed E-state index contributed by atoms with van der Waals surface area (Å²) < 4.78 is 0. The molecule has 17 heavy (non-hydrogen) atoms. The lowest BCUT2D eigenvalue weighted by atomic mass is 10.2. The number of carbonyl (C=O) groups is 1. The highest BCUT2D eigenvalue weighted by molar-refractivity contribution is 5.92. The number of aromatic nitrogens is 3. The van der Waals surface area contributed by atoms with Crippen LogP contribution >= 0.6 is 0 Å². The number of nitrogens with two attached hydrogens (primary N) is 1. The number of rotatable bonds is 3. The SMILES string of the molecule is Cc1ccc(CNC(=O)c2cc(N)n[nH]2)cn1. The van der Waals surface area contributed by atoms with Crippen LogP contribution in [0.4, 0.5) is 5.82 Å². The standard InChI is InChI=1S/C11H13N5O/c1-7-2-3-8(5-13-7)6-14-11(17)9-4-10(12)16-15-9/h2-5H,6H2,1H3,(H,14,17)(H3,12,15,16). The number of aryl methyl sites for hydroxylation is 1. The number of aromatic amines is 1. The summed E-state index contributed by atoms with van der Waals surface area (Å²) in [6.45, 7) is 2.33. The summed E-state index contributed by atoms with van der Waals surface area (Å²) in [5.41, 5.74) is 7.64. The Morgan fingerprint density at radius 2 is 2.35 bits per heavy atom. The van der Waals surface area contributed by atoms with Crippen molar-refractivity contribution < 1.29 is 4.79 Å². The average molecular weight is 231 g/mol. The maximum Gasteiger partial charge on any atom is 0.269 e. The maximum absolute atomic E-state index is 11.6. The molecular formula is C11H13N5O. The Morgan fingerprint density at radius 1 is 1.53 bits per heavy atom. The fraction of sp³-hybridized carbons (Fsp3) is 0.182. The van der Waals surface area contributed by atoms with Crippen molar-refractivity contribution in [2.24, 2.45) is 0 Å². The number of nitrogen functional groups attached to an aromatic ring is 1. The molecule has 0 unspecified atom stereocenters. The highest BCUT2D eigenvalue weighted by Crippen LogP contribution is 2.02. The summed E-state index contributed by atoms with van der Waals surface area (Å²) in [6, 6.07) is 5.31. The van der Waals surface area contributed by atoms with Crippen molar-refractivity contribution in [3.63, 3.8) is 0 Å². The first-order valence-electron chi connectivity index (χ1n) is 5.16. The van der Waals surface area contributed by atoms with Gasteiger partial charge in [-0.3, -0.25) is 14.9 Å². The first kappa shape index (κ1) is 11.1. The van der Waals surface area contributed by atoms with Crippen LogP contribution in [-0.2, 0) is 6.54 Å². The van der Waals surface area contributed by atoms with Gasteiger partial charge >= 0.3 is 0 Å². The highest BCUT2D eigenvalue weighted by Gasteiger charge is 2.07. The minimum Gasteiger partial charge on any atom is -0.382 e. The number of nitrogens with one attached hydrogen (secondary N) is 2. The smallest absolute Gasteiger partial charge is 0.269 e. The van der Waals surface area contributed by atoms with Crippen LogP contribution in [0, 0.1) is 6.92 Å². The molecule has 6 nitrogen and oxygen atoms in total.